The van der Waals surface area contributed by atoms with Crippen LogP contribution in [0.5, 0.6) is 0 Å². The molecule has 0 aliphatic heterocycles. The molecule has 227 valence electrons. The van der Waals surface area contributed by atoms with E-state index in [9.17, 15) is 0 Å². The quantitative estimate of drug-likeness (QED) is 0.159. The second kappa shape index (κ2) is 12.0. The monoisotopic (exact) mass is 713 g/mol. The molecular weight excluding hydrogens is 671 g/mol. The minimum atomic E-state index is -4.87. The van der Waals surface area contributed by atoms with Crippen LogP contribution in [0.15, 0.2) is 102 Å². The molecular formula is C40H45Cl2SiZr. The minimum absolute atomic E-state index is 0.0939. The van der Waals surface area contributed by atoms with E-state index in [1.54, 1.807) is 0 Å². The fourth-order valence-electron chi connectivity index (χ4n) is 8.13. The molecule has 2 aliphatic carbocycles. The first-order chi connectivity index (χ1) is 20.9. The number of rotatable bonds is 8. The molecule has 0 N–H and O–H groups in total. The zero-order chi connectivity index (χ0) is 31.4. The van der Waals surface area contributed by atoms with Crippen LogP contribution in [-0.4, -0.2) is 5.92 Å². The molecule has 0 radical (unpaired) electrons. The Morgan fingerprint density at radius 3 is 1.82 bits per heavy atom. The molecule has 2 atom stereocenters. The van der Waals surface area contributed by atoms with Crippen molar-refractivity contribution in [1.29, 1.82) is 0 Å². The van der Waals surface area contributed by atoms with Gasteiger partial charge in [0, 0.05) is 0 Å². The van der Waals surface area contributed by atoms with Gasteiger partial charge in [0.25, 0.3) is 0 Å². The summed E-state index contributed by atoms with van der Waals surface area (Å²) in [4.78, 5) is 0. The summed E-state index contributed by atoms with van der Waals surface area (Å²) in [6.45, 7) is 16.6. The molecule has 0 amide bonds. The Morgan fingerprint density at radius 1 is 0.682 bits per heavy atom. The van der Waals surface area contributed by atoms with Crippen LogP contribution >= 0.6 is 17.0 Å². The van der Waals surface area contributed by atoms with E-state index in [1.165, 1.54) is 61.2 Å². The summed E-state index contributed by atoms with van der Waals surface area (Å²) < 4.78 is 0.197. The molecule has 0 spiro atoms. The van der Waals surface area contributed by atoms with E-state index in [1.807, 2.05) is 0 Å². The van der Waals surface area contributed by atoms with E-state index in [-0.39, 0.29) is 7.25 Å². The Morgan fingerprint density at radius 2 is 1.27 bits per heavy atom. The van der Waals surface area contributed by atoms with Gasteiger partial charge in [-0.15, -0.1) is 0 Å². The molecule has 0 saturated carbocycles. The summed E-state index contributed by atoms with van der Waals surface area (Å²) in [5.41, 5.74) is 14.8. The summed E-state index contributed by atoms with van der Waals surface area (Å²) in [6, 6.07) is 33.1. The van der Waals surface area contributed by atoms with Crippen LogP contribution in [0.25, 0.3) is 34.4 Å². The topological polar surface area (TPSA) is 0 Å². The second-order valence-electron chi connectivity index (χ2n) is 14.2. The molecule has 2 unspecified atom stereocenters. The first kappa shape index (κ1) is 32.0. The first-order valence-corrected chi connectivity index (χ1v) is 32.6. The van der Waals surface area contributed by atoms with Crippen LogP contribution in [0.2, 0.25) is 13.1 Å². The van der Waals surface area contributed by atoms with E-state index < -0.39 is 21.5 Å². The van der Waals surface area contributed by atoms with Crippen molar-refractivity contribution < 1.29 is 15.6 Å². The van der Waals surface area contributed by atoms with Crippen molar-refractivity contribution in [2.45, 2.75) is 61.4 Å². The predicted molar refractivity (Wildman–Crippen MR) is 195 cm³/mol. The van der Waals surface area contributed by atoms with Gasteiger partial charge >= 0.3 is 276 Å². The van der Waals surface area contributed by atoms with Crippen molar-refractivity contribution in [1.82, 2.24) is 0 Å². The third-order valence-corrected chi connectivity index (χ3v) is 62.0. The van der Waals surface area contributed by atoms with Crippen molar-refractivity contribution in [3.8, 4) is 22.3 Å². The number of benzene rings is 4. The molecule has 4 aromatic rings. The van der Waals surface area contributed by atoms with Crippen LogP contribution in [0.3, 0.4) is 0 Å². The Kier molecular flexibility index (Phi) is 8.73. The third-order valence-electron chi connectivity index (χ3n) is 10.3. The van der Waals surface area contributed by atoms with Gasteiger partial charge in [-0.1, -0.05) is 0 Å². The van der Waals surface area contributed by atoms with Gasteiger partial charge in [-0.25, -0.2) is 0 Å². The number of hydrogen-bond donors (Lipinski definition) is 0. The number of fused-ring (bicyclic) bond motifs is 2. The fraction of sp³-hybridized carbons (Fsp3) is 0.300. The summed E-state index contributed by atoms with van der Waals surface area (Å²) in [5, 5.41) is 0. The normalized spacial score (nSPS) is 18.7. The van der Waals surface area contributed by atoms with E-state index in [0.29, 0.717) is 11.8 Å². The molecule has 0 aromatic heterocycles. The first-order valence-electron chi connectivity index (χ1n) is 16.3. The van der Waals surface area contributed by atoms with Crippen molar-refractivity contribution in [3.63, 3.8) is 0 Å². The zero-order valence-corrected chi connectivity index (χ0v) is 32.3. The van der Waals surface area contributed by atoms with E-state index in [2.05, 4.69) is 151 Å². The van der Waals surface area contributed by atoms with Gasteiger partial charge < -0.3 is 0 Å². The molecule has 4 heteroatoms. The molecule has 0 heterocycles. The molecule has 44 heavy (non-hydrogen) atoms. The van der Waals surface area contributed by atoms with E-state index in [4.69, 9.17) is 17.0 Å². The van der Waals surface area contributed by atoms with Gasteiger partial charge in [0.05, 0.1) is 0 Å². The Bertz CT molecular complexity index is 1770. The zero-order valence-electron chi connectivity index (χ0n) is 27.2. The molecule has 0 saturated heterocycles. The van der Waals surface area contributed by atoms with Gasteiger partial charge in [0.2, 0.25) is 0 Å². The average molecular weight is 716 g/mol. The number of halogens is 2. The van der Waals surface area contributed by atoms with Crippen molar-refractivity contribution >= 4 is 35.1 Å². The average Bonchev–Trinajstić information content (AvgIpc) is 3.59. The van der Waals surface area contributed by atoms with Gasteiger partial charge in [0.15, 0.2) is 0 Å². The molecule has 2 aliphatic rings. The number of hydrogen-bond acceptors (Lipinski definition) is 0. The van der Waals surface area contributed by atoms with Gasteiger partial charge in [-0.3, -0.25) is 0 Å². The SMILES string of the molecule is Cc1ccc(-c2ccccc2)c2c1[CH]([Zr]([Cl])([Cl])([CH]1C(C(C)C)=Cc3c(-c4ccccc4)cccc31)[SiH](C)C)C(CC(C)C)=C2. The van der Waals surface area contributed by atoms with Crippen molar-refractivity contribution in [2.75, 3.05) is 0 Å². The fourth-order valence-corrected chi connectivity index (χ4v) is 39.6. The van der Waals surface area contributed by atoms with Crippen LogP contribution < -0.4 is 0 Å². The summed E-state index contributed by atoms with van der Waals surface area (Å²) in [7, 11) is 17.5. The maximum atomic E-state index is 8.74. The van der Waals surface area contributed by atoms with Gasteiger partial charge in [-0.2, -0.15) is 0 Å². The van der Waals surface area contributed by atoms with Crippen molar-refractivity contribution in [2.24, 2.45) is 11.8 Å². The predicted octanol–water partition coefficient (Wildman–Crippen LogP) is 12.6. The summed E-state index contributed by atoms with van der Waals surface area (Å²) in [6.07, 6.45) is 6.01. The Labute approximate surface area is 274 Å². The second-order valence-corrected chi connectivity index (χ2v) is 56.7. The Balaban J connectivity index is 1.65. The van der Waals surface area contributed by atoms with E-state index in [0.717, 1.165) is 6.42 Å². The third kappa shape index (κ3) is 5.13. The van der Waals surface area contributed by atoms with Crippen molar-refractivity contribution in [3.05, 3.63) is 130 Å². The Hall–Kier alpha value is -1.96. The molecule has 0 bridgehead atoms. The van der Waals surface area contributed by atoms with E-state index >= 15 is 0 Å². The summed E-state index contributed by atoms with van der Waals surface area (Å²) >= 11 is -4.87. The van der Waals surface area contributed by atoms with Crippen LogP contribution in [-0.2, 0) is 15.6 Å². The molecule has 4 aromatic carbocycles. The maximum absolute atomic E-state index is 8.74. The van der Waals surface area contributed by atoms with Crippen LogP contribution in [0.1, 0.15) is 69.2 Å². The standard InChI is InChI=1S/C20H21.C18H17.C2H7Si.2ClH.Zr/c1-14(2)11-16-12-19-15(3)9-10-18(20(19)13-16)17-7-5-4-6-8-17;1-13(2)16-11-15-9-6-10-17(18(15)12-16)14-7-4-3-5-8-14;1-3-2;;;/h4-10,12-14H,11H2,1-3H3;3-13H,1-2H3;3H,1-2H3;2*1H;/q;;;;;+2/p-2. The summed E-state index contributed by atoms with van der Waals surface area (Å²) in [5.74, 6) is -0.778. The molecule has 6 rings (SSSR count). The number of aryl methyl sites for hydroxylation is 1. The number of allylic oxidation sites excluding steroid dienone is 2. The van der Waals surface area contributed by atoms with Gasteiger partial charge in [0.1, 0.15) is 0 Å². The van der Waals surface area contributed by atoms with Gasteiger partial charge in [-0.05, 0) is 0 Å². The van der Waals surface area contributed by atoms with Crippen LogP contribution in [0.4, 0.5) is 0 Å². The van der Waals surface area contributed by atoms with Crippen LogP contribution in [0, 0.1) is 18.8 Å². The molecule has 0 nitrogen and oxygen atoms in total. The molecule has 0 fully saturated rings.